The van der Waals surface area contributed by atoms with E-state index >= 15 is 0 Å². The van der Waals surface area contributed by atoms with Crippen LogP contribution in [0.1, 0.15) is 36.3 Å². The molecule has 0 spiro atoms. The summed E-state index contributed by atoms with van der Waals surface area (Å²) in [6, 6.07) is 15.3. The van der Waals surface area contributed by atoms with E-state index in [0.717, 1.165) is 16.0 Å². The Morgan fingerprint density at radius 3 is 2.14 bits per heavy atom. The molecule has 186 valence electrons. The van der Waals surface area contributed by atoms with Crippen LogP contribution in [0.25, 0.3) is 11.1 Å². The number of carbonyl (C=O) groups is 3. The predicted octanol–water partition coefficient (Wildman–Crippen LogP) is 4.75. The first-order valence-corrected chi connectivity index (χ1v) is 11.6. The van der Waals surface area contributed by atoms with Gasteiger partial charge in [0.05, 0.1) is 0 Å². The smallest absolute Gasteiger partial charge is 0.410 e. The Hall–Kier alpha value is -3.81. The third kappa shape index (κ3) is 6.20. The van der Waals surface area contributed by atoms with E-state index in [2.05, 4.69) is 30.8 Å². The van der Waals surface area contributed by atoms with E-state index in [-0.39, 0.29) is 25.6 Å². The topological polar surface area (TPSA) is 96.4 Å². The number of carbonyl (C=O) groups excluding carboxylic acids is 2. The molecule has 0 fully saturated rings. The molecule has 1 atom stereocenters. The number of ether oxygens (including phenoxy) is 2. The predicted molar refractivity (Wildman–Crippen MR) is 132 cm³/mol. The van der Waals surface area contributed by atoms with E-state index < -0.39 is 24.2 Å². The third-order valence-electron chi connectivity index (χ3n) is 6.23. The van der Waals surface area contributed by atoms with E-state index in [0.29, 0.717) is 19.4 Å². The van der Waals surface area contributed by atoms with Crippen LogP contribution in [0.15, 0.2) is 61.2 Å². The van der Waals surface area contributed by atoms with Crippen molar-refractivity contribution in [3.8, 4) is 11.1 Å². The van der Waals surface area contributed by atoms with Crippen molar-refractivity contribution in [3.63, 3.8) is 0 Å². The monoisotopic (exact) mass is 480 g/mol. The zero-order valence-corrected chi connectivity index (χ0v) is 20.2. The maximum atomic E-state index is 12.6. The quantitative estimate of drug-likeness (QED) is 0.368. The minimum Gasteiger partial charge on any atom is -0.480 e. The molecule has 0 heterocycles. The summed E-state index contributed by atoms with van der Waals surface area (Å²) >= 11 is 0. The van der Waals surface area contributed by atoms with Gasteiger partial charge in [0, 0.05) is 26.6 Å². The number of hydrogen-bond donors (Lipinski definition) is 1. The lowest BCUT2D eigenvalue weighted by molar-refractivity contribution is -0.142. The van der Waals surface area contributed by atoms with Gasteiger partial charge in [-0.2, -0.15) is 0 Å². The summed E-state index contributed by atoms with van der Waals surface area (Å²) in [4.78, 5) is 38.7. The van der Waals surface area contributed by atoms with Crippen LogP contribution in [0, 0.1) is 0 Å². The van der Waals surface area contributed by atoms with Crippen LogP contribution in [0.2, 0.25) is 0 Å². The van der Waals surface area contributed by atoms with Crippen LogP contribution >= 0.6 is 0 Å². The maximum Gasteiger partial charge on any atom is 0.410 e. The SMILES string of the molecule is C=CCOC(=O)N(C)[C@@H](CCCCN(C)C(=O)OCC1c2ccccc2-c2ccccc21)C(=O)O. The van der Waals surface area contributed by atoms with Gasteiger partial charge in [0.25, 0.3) is 0 Å². The molecule has 0 unspecified atom stereocenters. The van der Waals surface area contributed by atoms with Crippen LogP contribution < -0.4 is 0 Å². The lowest BCUT2D eigenvalue weighted by Crippen LogP contribution is -2.42. The molecular weight excluding hydrogens is 448 g/mol. The largest absolute Gasteiger partial charge is 0.480 e. The van der Waals surface area contributed by atoms with E-state index in [1.807, 2.05) is 24.3 Å². The molecule has 8 heteroatoms. The van der Waals surface area contributed by atoms with Crippen molar-refractivity contribution in [3.05, 3.63) is 72.3 Å². The fourth-order valence-corrected chi connectivity index (χ4v) is 4.32. The van der Waals surface area contributed by atoms with Gasteiger partial charge in [0.15, 0.2) is 0 Å². The second-order valence-corrected chi connectivity index (χ2v) is 8.55. The van der Waals surface area contributed by atoms with E-state index in [1.165, 1.54) is 29.2 Å². The molecular formula is C27H32N2O6. The fourth-order valence-electron chi connectivity index (χ4n) is 4.32. The molecule has 2 aromatic rings. The molecule has 0 bridgehead atoms. The molecule has 1 aliphatic carbocycles. The normalized spacial score (nSPS) is 12.7. The number of rotatable bonds is 11. The zero-order valence-electron chi connectivity index (χ0n) is 20.2. The average molecular weight is 481 g/mol. The highest BCUT2D eigenvalue weighted by molar-refractivity contribution is 5.80. The second kappa shape index (κ2) is 12.1. The van der Waals surface area contributed by atoms with Crippen LogP contribution in [0.5, 0.6) is 0 Å². The standard InChI is InChI=1S/C27H32N2O6/c1-4-17-34-27(33)29(3)24(25(30)31)15-9-10-16-28(2)26(32)35-18-23-21-13-7-5-11-19(21)20-12-6-8-14-22(20)23/h4-8,11-14,23-24H,1,9-10,15-18H2,2-3H3,(H,30,31)/t24-/m0/s1. The molecule has 1 aliphatic rings. The van der Waals surface area contributed by atoms with Gasteiger partial charge in [0.2, 0.25) is 0 Å². The first-order chi connectivity index (χ1) is 16.8. The zero-order chi connectivity index (χ0) is 25.4. The first-order valence-electron chi connectivity index (χ1n) is 11.6. The van der Waals surface area contributed by atoms with Gasteiger partial charge in [-0.3, -0.25) is 4.90 Å². The van der Waals surface area contributed by atoms with Gasteiger partial charge < -0.3 is 19.5 Å². The van der Waals surface area contributed by atoms with Crippen molar-refractivity contribution in [2.75, 3.05) is 33.9 Å². The van der Waals surface area contributed by atoms with E-state index in [9.17, 15) is 19.5 Å². The molecule has 0 saturated heterocycles. The van der Waals surface area contributed by atoms with Crippen molar-refractivity contribution in [2.24, 2.45) is 0 Å². The van der Waals surface area contributed by atoms with Crippen LogP contribution in [-0.2, 0) is 14.3 Å². The van der Waals surface area contributed by atoms with Gasteiger partial charge in [-0.05, 0) is 41.5 Å². The van der Waals surface area contributed by atoms with E-state index in [4.69, 9.17) is 9.47 Å². The van der Waals surface area contributed by atoms with Gasteiger partial charge in [-0.1, -0.05) is 61.2 Å². The van der Waals surface area contributed by atoms with E-state index in [1.54, 1.807) is 7.05 Å². The minimum atomic E-state index is -1.10. The summed E-state index contributed by atoms with van der Waals surface area (Å²) in [6.45, 7) is 4.13. The number of benzene rings is 2. The number of carboxylic acid groups (broad SMARTS) is 1. The number of nitrogens with zero attached hydrogens (tertiary/aromatic N) is 2. The highest BCUT2D eigenvalue weighted by Crippen LogP contribution is 2.44. The summed E-state index contributed by atoms with van der Waals surface area (Å²) in [5.74, 6) is -1.11. The van der Waals surface area contributed by atoms with Gasteiger partial charge in [-0.25, -0.2) is 14.4 Å². The molecule has 0 aliphatic heterocycles. The Kier molecular flexibility index (Phi) is 8.89. The lowest BCUT2D eigenvalue weighted by Gasteiger charge is -2.24. The Balaban J connectivity index is 1.47. The number of likely N-dealkylation sites (N-methyl/N-ethyl adjacent to an activating group) is 1. The molecule has 2 amide bonds. The highest BCUT2D eigenvalue weighted by Gasteiger charge is 2.30. The Morgan fingerprint density at radius 2 is 1.57 bits per heavy atom. The third-order valence-corrected chi connectivity index (χ3v) is 6.23. The summed E-state index contributed by atoms with van der Waals surface area (Å²) in [6.07, 6.45) is 1.60. The number of amides is 2. The Morgan fingerprint density at radius 1 is 0.971 bits per heavy atom. The summed E-state index contributed by atoms with van der Waals surface area (Å²) in [5, 5.41) is 9.47. The maximum absolute atomic E-state index is 12.6. The average Bonchev–Trinajstić information content (AvgIpc) is 3.18. The van der Waals surface area contributed by atoms with Crippen molar-refractivity contribution < 1.29 is 29.0 Å². The molecule has 1 N–H and O–H groups in total. The fraction of sp³-hybridized carbons (Fsp3) is 0.370. The summed E-state index contributed by atoms with van der Waals surface area (Å²) in [5.41, 5.74) is 4.65. The summed E-state index contributed by atoms with van der Waals surface area (Å²) < 4.78 is 10.5. The lowest BCUT2D eigenvalue weighted by atomic mass is 9.98. The number of fused-ring (bicyclic) bond motifs is 3. The number of unbranched alkanes of at least 4 members (excludes halogenated alkanes) is 1. The molecule has 3 rings (SSSR count). The van der Waals surface area contributed by atoms with Gasteiger partial charge in [-0.15, -0.1) is 0 Å². The molecule has 0 radical (unpaired) electrons. The molecule has 0 saturated carbocycles. The first kappa shape index (κ1) is 25.8. The molecule has 35 heavy (non-hydrogen) atoms. The van der Waals surface area contributed by atoms with Gasteiger partial charge >= 0.3 is 18.2 Å². The van der Waals surface area contributed by atoms with Crippen molar-refractivity contribution >= 4 is 18.2 Å². The summed E-state index contributed by atoms with van der Waals surface area (Å²) in [7, 11) is 3.05. The Bertz CT molecular complexity index is 1020. The van der Waals surface area contributed by atoms with Crippen LogP contribution in [-0.4, -0.2) is 73.0 Å². The van der Waals surface area contributed by atoms with Crippen molar-refractivity contribution in [1.82, 2.24) is 9.80 Å². The van der Waals surface area contributed by atoms with Crippen LogP contribution in [0.4, 0.5) is 9.59 Å². The number of aliphatic carboxylic acids is 1. The number of hydrogen-bond acceptors (Lipinski definition) is 5. The van der Waals surface area contributed by atoms with Crippen molar-refractivity contribution in [1.29, 1.82) is 0 Å². The second-order valence-electron chi connectivity index (χ2n) is 8.55. The number of carboxylic acids is 1. The Labute approximate surface area is 205 Å². The van der Waals surface area contributed by atoms with Gasteiger partial charge in [0.1, 0.15) is 19.3 Å². The molecule has 2 aromatic carbocycles. The molecule has 8 nitrogen and oxygen atoms in total. The minimum absolute atomic E-state index is 0.00698. The highest BCUT2D eigenvalue weighted by atomic mass is 16.6. The molecule has 0 aromatic heterocycles. The van der Waals surface area contributed by atoms with Crippen LogP contribution in [0.3, 0.4) is 0 Å². The van der Waals surface area contributed by atoms with Crippen molar-refractivity contribution in [2.45, 2.75) is 31.2 Å².